The van der Waals surface area contributed by atoms with E-state index in [1.54, 1.807) is 6.92 Å². The van der Waals surface area contributed by atoms with Gasteiger partial charge in [-0.05, 0) is 32.3 Å². The smallest absolute Gasteiger partial charge is 0.340 e. The van der Waals surface area contributed by atoms with Crippen molar-refractivity contribution in [2.45, 2.75) is 40.2 Å². The lowest BCUT2D eigenvalue weighted by atomic mass is 9.90. The van der Waals surface area contributed by atoms with Crippen LogP contribution in [0, 0.1) is 24.2 Å². The number of benzene rings is 1. The lowest BCUT2D eigenvalue weighted by molar-refractivity contribution is -0.141. The van der Waals surface area contributed by atoms with Crippen molar-refractivity contribution in [1.29, 1.82) is 5.26 Å². The van der Waals surface area contributed by atoms with Gasteiger partial charge in [0.1, 0.15) is 18.4 Å². The summed E-state index contributed by atoms with van der Waals surface area (Å²) in [6, 6.07) is 2.11. The highest BCUT2D eigenvalue weighted by molar-refractivity contribution is 5.97. The molecule has 1 heterocycles. The molecule has 0 aliphatic carbocycles. The molecule has 0 radical (unpaired) electrons. The average Bonchev–Trinajstić information content (AvgIpc) is 2.95. The number of carbonyl (C=O) groups excluding carboxylic acids is 1. The Bertz CT molecular complexity index is 801. The maximum absolute atomic E-state index is 12.0. The van der Waals surface area contributed by atoms with Gasteiger partial charge in [0.15, 0.2) is 0 Å². The number of carboxylic acid groups (broad SMARTS) is 1. The summed E-state index contributed by atoms with van der Waals surface area (Å²) in [5.74, 6) is -1.24. The number of rotatable bonds is 6. The highest BCUT2D eigenvalue weighted by Crippen LogP contribution is 2.37. The number of cyclic esters (lactones) is 1. The van der Waals surface area contributed by atoms with Crippen molar-refractivity contribution in [2.24, 2.45) is 5.92 Å². The number of hydrogen-bond acceptors (Lipinski definition) is 5. The first kappa shape index (κ1) is 18.5. The summed E-state index contributed by atoms with van der Waals surface area (Å²) in [4.78, 5) is 23.0. The predicted molar refractivity (Wildman–Crippen MR) is 90.4 cm³/mol. The third-order valence-corrected chi connectivity index (χ3v) is 4.49. The van der Waals surface area contributed by atoms with Crippen LogP contribution in [0.25, 0.3) is 0 Å². The van der Waals surface area contributed by atoms with E-state index >= 15 is 0 Å². The van der Waals surface area contributed by atoms with Gasteiger partial charge in [0.2, 0.25) is 0 Å². The topological polar surface area (TPSA) is 96.6 Å². The largest absolute Gasteiger partial charge is 0.496 e. The van der Waals surface area contributed by atoms with Crippen LogP contribution in [0.1, 0.15) is 52.9 Å². The number of carbonyl (C=O) groups is 2. The number of ether oxygens (including phenoxy) is 2. The number of esters is 1. The van der Waals surface area contributed by atoms with Crippen molar-refractivity contribution >= 4 is 11.9 Å². The van der Waals surface area contributed by atoms with Crippen LogP contribution in [0.2, 0.25) is 0 Å². The summed E-state index contributed by atoms with van der Waals surface area (Å²) in [6.07, 6.45) is 2.68. The van der Waals surface area contributed by atoms with Gasteiger partial charge in [-0.1, -0.05) is 18.6 Å². The minimum absolute atomic E-state index is 0.149. The molecule has 1 atom stereocenters. The molecule has 2 rings (SSSR count). The number of carboxylic acids is 1. The maximum Gasteiger partial charge on any atom is 0.340 e. The van der Waals surface area contributed by atoms with Gasteiger partial charge in [0.05, 0.1) is 24.2 Å². The molecule has 0 spiro atoms. The predicted octanol–water partition coefficient (Wildman–Crippen LogP) is 3.15. The Hall–Kier alpha value is -2.81. The van der Waals surface area contributed by atoms with Crippen molar-refractivity contribution in [3.8, 4) is 11.8 Å². The summed E-state index contributed by atoms with van der Waals surface area (Å²) < 4.78 is 10.6. The van der Waals surface area contributed by atoms with Crippen LogP contribution < -0.4 is 4.74 Å². The zero-order valence-corrected chi connectivity index (χ0v) is 14.8. The second kappa shape index (κ2) is 7.39. The number of methoxy groups -OCH3 is 1. The van der Waals surface area contributed by atoms with Gasteiger partial charge in [-0.15, -0.1) is 0 Å². The van der Waals surface area contributed by atoms with Gasteiger partial charge in [0.25, 0.3) is 0 Å². The van der Waals surface area contributed by atoms with E-state index in [4.69, 9.17) is 14.6 Å². The number of nitriles is 1. The Labute approximate surface area is 146 Å². The zero-order chi connectivity index (χ0) is 18.7. The molecular formula is C19H21NO5. The molecule has 1 aliphatic heterocycles. The Morgan fingerprint density at radius 2 is 2.20 bits per heavy atom. The second-order valence-electron chi connectivity index (χ2n) is 6.25. The van der Waals surface area contributed by atoms with E-state index in [1.165, 1.54) is 7.11 Å². The lowest BCUT2D eigenvalue weighted by Gasteiger charge is -2.16. The van der Waals surface area contributed by atoms with Crippen LogP contribution in [-0.4, -0.2) is 24.2 Å². The molecular weight excluding hydrogens is 322 g/mol. The average molecular weight is 343 g/mol. The first-order valence-corrected chi connectivity index (χ1v) is 7.99. The first-order valence-electron chi connectivity index (χ1n) is 7.99. The Balaban J connectivity index is 2.46. The van der Waals surface area contributed by atoms with Crippen LogP contribution >= 0.6 is 0 Å². The van der Waals surface area contributed by atoms with Crippen molar-refractivity contribution in [2.75, 3.05) is 7.11 Å². The molecule has 132 valence electrons. The van der Waals surface area contributed by atoms with Crippen molar-refractivity contribution in [1.82, 2.24) is 0 Å². The van der Waals surface area contributed by atoms with Gasteiger partial charge < -0.3 is 14.6 Å². The minimum atomic E-state index is -0.848. The molecule has 0 aromatic heterocycles. The van der Waals surface area contributed by atoms with Crippen molar-refractivity contribution in [3.05, 3.63) is 39.5 Å². The number of hydrogen-bond donors (Lipinski definition) is 1. The SMILES string of the molecule is COc1c(C)c2c(c(C#N)c1CC=C(C)C[C@@H](C)C(=O)O)C(=O)OC2. The Morgan fingerprint density at radius 1 is 1.52 bits per heavy atom. The van der Waals surface area contributed by atoms with Crippen LogP contribution in [0.5, 0.6) is 5.75 Å². The van der Waals surface area contributed by atoms with E-state index in [9.17, 15) is 14.9 Å². The third-order valence-electron chi connectivity index (χ3n) is 4.49. The van der Waals surface area contributed by atoms with E-state index in [2.05, 4.69) is 6.07 Å². The highest BCUT2D eigenvalue weighted by Gasteiger charge is 2.31. The quantitative estimate of drug-likeness (QED) is 0.629. The molecule has 0 fully saturated rings. The third kappa shape index (κ3) is 3.50. The zero-order valence-electron chi connectivity index (χ0n) is 14.8. The van der Waals surface area contributed by atoms with Crippen molar-refractivity contribution in [3.63, 3.8) is 0 Å². The summed E-state index contributed by atoms with van der Waals surface area (Å²) >= 11 is 0. The summed E-state index contributed by atoms with van der Waals surface area (Å²) in [6.45, 7) is 5.49. The molecule has 25 heavy (non-hydrogen) atoms. The van der Waals surface area contributed by atoms with Gasteiger partial charge in [-0.3, -0.25) is 4.79 Å². The van der Waals surface area contributed by atoms with Crippen LogP contribution in [0.3, 0.4) is 0 Å². The monoisotopic (exact) mass is 343 g/mol. The van der Waals surface area contributed by atoms with E-state index in [1.807, 2.05) is 19.9 Å². The first-order chi connectivity index (χ1) is 11.8. The van der Waals surface area contributed by atoms with E-state index < -0.39 is 17.9 Å². The van der Waals surface area contributed by atoms with Crippen LogP contribution in [-0.2, 0) is 22.6 Å². The van der Waals surface area contributed by atoms with E-state index in [0.717, 1.165) is 11.1 Å². The molecule has 1 aromatic carbocycles. The lowest BCUT2D eigenvalue weighted by Crippen LogP contribution is -2.10. The number of nitrogens with zero attached hydrogens (tertiary/aromatic N) is 1. The molecule has 0 bridgehead atoms. The number of allylic oxidation sites excluding steroid dienone is 2. The van der Waals surface area contributed by atoms with Gasteiger partial charge in [-0.25, -0.2) is 4.79 Å². The van der Waals surface area contributed by atoms with Gasteiger partial charge in [-0.2, -0.15) is 5.26 Å². The highest BCUT2D eigenvalue weighted by atomic mass is 16.5. The molecule has 1 aliphatic rings. The van der Waals surface area contributed by atoms with Crippen LogP contribution in [0.4, 0.5) is 0 Å². The summed E-state index contributed by atoms with van der Waals surface area (Å²) in [7, 11) is 1.53. The molecule has 1 aromatic rings. The van der Waals surface area contributed by atoms with Crippen LogP contribution in [0.15, 0.2) is 11.6 Å². The number of aliphatic carboxylic acids is 1. The molecule has 6 nitrogen and oxygen atoms in total. The Morgan fingerprint density at radius 3 is 2.76 bits per heavy atom. The fraction of sp³-hybridized carbons (Fsp3) is 0.421. The molecule has 0 saturated heterocycles. The minimum Gasteiger partial charge on any atom is -0.496 e. The molecule has 6 heteroatoms. The maximum atomic E-state index is 12.0. The van der Waals surface area contributed by atoms with Gasteiger partial charge >= 0.3 is 11.9 Å². The molecule has 0 unspecified atom stereocenters. The number of fused-ring (bicyclic) bond motifs is 1. The second-order valence-corrected chi connectivity index (χ2v) is 6.25. The molecule has 1 N–H and O–H groups in total. The summed E-state index contributed by atoms with van der Waals surface area (Å²) in [5, 5.41) is 18.6. The van der Waals surface area contributed by atoms with Crippen molar-refractivity contribution < 1.29 is 24.2 Å². The summed E-state index contributed by atoms with van der Waals surface area (Å²) in [5.41, 5.74) is 3.62. The fourth-order valence-corrected chi connectivity index (χ4v) is 3.11. The normalized spacial score (nSPS) is 14.5. The standard InChI is InChI=1S/C19H21NO5/c1-10(7-11(2)18(21)22)5-6-13-14(8-20)16-15(9-25-19(16)23)12(3)17(13)24-4/h5,11H,6-7,9H2,1-4H3,(H,21,22)/t11-/m1/s1. The molecule has 0 amide bonds. The van der Waals surface area contributed by atoms with E-state index in [-0.39, 0.29) is 12.2 Å². The van der Waals surface area contributed by atoms with Gasteiger partial charge in [0, 0.05) is 11.1 Å². The van der Waals surface area contributed by atoms with E-state index in [0.29, 0.717) is 35.3 Å². The molecule has 0 saturated carbocycles. The fourth-order valence-electron chi connectivity index (χ4n) is 3.11. The Kier molecular flexibility index (Phi) is 5.48.